The second-order valence-electron chi connectivity index (χ2n) is 4.59. The fourth-order valence-corrected chi connectivity index (χ4v) is 2.01. The molecular formula is C14H18ClN3. The predicted octanol–water partition coefficient (Wildman–Crippen LogP) is 3.09. The van der Waals surface area contributed by atoms with Crippen LogP contribution in [0.5, 0.6) is 0 Å². The van der Waals surface area contributed by atoms with E-state index in [1.54, 1.807) is 6.33 Å². The predicted molar refractivity (Wildman–Crippen MR) is 74.8 cm³/mol. The molecule has 0 saturated heterocycles. The highest BCUT2D eigenvalue weighted by atomic mass is 35.5. The van der Waals surface area contributed by atoms with Gasteiger partial charge < -0.3 is 10.3 Å². The Bertz CT molecular complexity index is 490. The highest BCUT2D eigenvalue weighted by Crippen LogP contribution is 2.11. The third-order valence-electron chi connectivity index (χ3n) is 3.01. The van der Waals surface area contributed by atoms with Crippen molar-refractivity contribution in [1.29, 1.82) is 0 Å². The summed E-state index contributed by atoms with van der Waals surface area (Å²) in [5, 5.41) is 4.26. The van der Waals surface area contributed by atoms with E-state index in [0.29, 0.717) is 6.04 Å². The molecule has 4 heteroatoms. The molecule has 0 bridgehead atoms. The van der Waals surface area contributed by atoms with Gasteiger partial charge in [-0.25, -0.2) is 4.98 Å². The number of H-pyrrole nitrogens is 1. The van der Waals surface area contributed by atoms with Crippen LogP contribution in [0.1, 0.15) is 23.9 Å². The molecule has 0 fully saturated rings. The summed E-state index contributed by atoms with van der Waals surface area (Å²) in [5.41, 5.74) is 3.50. The summed E-state index contributed by atoms with van der Waals surface area (Å²) >= 11 is 5.87. The zero-order valence-corrected chi connectivity index (χ0v) is 11.5. The normalized spacial score (nSPS) is 12.6. The van der Waals surface area contributed by atoms with Gasteiger partial charge in [0.2, 0.25) is 0 Å². The summed E-state index contributed by atoms with van der Waals surface area (Å²) in [5.74, 6) is 0. The Hall–Kier alpha value is -1.32. The summed E-state index contributed by atoms with van der Waals surface area (Å²) in [6.07, 6.45) is 2.72. The van der Waals surface area contributed by atoms with Gasteiger partial charge in [-0.2, -0.15) is 0 Å². The van der Waals surface area contributed by atoms with E-state index < -0.39 is 0 Å². The van der Waals surface area contributed by atoms with Crippen molar-refractivity contribution in [3.8, 4) is 0 Å². The van der Waals surface area contributed by atoms with E-state index in [2.05, 4.69) is 34.3 Å². The maximum atomic E-state index is 5.87. The van der Waals surface area contributed by atoms with Gasteiger partial charge >= 0.3 is 0 Å². The summed E-state index contributed by atoms with van der Waals surface area (Å²) in [6, 6.07) is 8.41. The summed E-state index contributed by atoms with van der Waals surface area (Å²) in [4.78, 5) is 7.35. The molecule has 3 nitrogen and oxygen atoms in total. The SMILES string of the molecule is Cc1[nH]cnc1CNC(C)Cc1ccc(Cl)cc1. The van der Waals surface area contributed by atoms with Gasteiger partial charge in [0.15, 0.2) is 0 Å². The van der Waals surface area contributed by atoms with Gasteiger partial charge in [-0.15, -0.1) is 0 Å². The number of halogens is 1. The number of imidazole rings is 1. The smallest absolute Gasteiger partial charge is 0.0925 e. The minimum Gasteiger partial charge on any atom is -0.348 e. The zero-order chi connectivity index (χ0) is 13.0. The number of nitrogens with one attached hydrogen (secondary N) is 2. The lowest BCUT2D eigenvalue weighted by Crippen LogP contribution is -2.27. The van der Waals surface area contributed by atoms with E-state index in [0.717, 1.165) is 29.4 Å². The van der Waals surface area contributed by atoms with Crippen LogP contribution in [0.15, 0.2) is 30.6 Å². The molecule has 1 aromatic carbocycles. The first kappa shape index (κ1) is 13.1. The highest BCUT2D eigenvalue weighted by molar-refractivity contribution is 6.30. The molecule has 0 spiro atoms. The number of rotatable bonds is 5. The lowest BCUT2D eigenvalue weighted by atomic mass is 10.1. The first-order chi connectivity index (χ1) is 8.65. The van der Waals surface area contributed by atoms with Crippen LogP contribution in [0.4, 0.5) is 0 Å². The number of aryl methyl sites for hydroxylation is 1. The molecule has 2 rings (SSSR count). The number of aromatic nitrogens is 2. The van der Waals surface area contributed by atoms with Gasteiger partial charge in [0.1, 0.15) is 0 Å². The molecule has 1 aromatic heterocycles. The fourth-order valence-electron chi connectivity index (χ4n) is 1.88. The van der Waals surface area contributed by atoms with Crippen LogP contribution in [0.25, 0.3) is 0 Å². The largest absolute Gasteiger partial charge is 0.348 e. The van der Waals surface area contributed by atoms with E-state index in [4.69, 9.17) is 11.6 Å². The van der Waals surface area contributed by atoms with Crippen molar-refractivity contribution in [3.63, 3.8) is 0 Å². The Morgan fingerprint density at radius 1 is 1.33 bits per heavy atom. The third-order valence-corrected chi connectivity index (χ3v) is 3.26. The minimum atomic E-state index is 0.405. The second-order valence-corrected chi connectivity index (χ2v) is 5.02. The number of nitrogens with zero attached hydrogens (tertiary/aromatic N) is 1. The molecule has 0 aliphatic heterocycles. The lowest BCUT2D eigenvalue weighted by Gasteiger charge is -2.13. The van der Waals surface area contributed by atoms with Gasteiger partial charge in [0.05, 0.1) is 12.0 Å². The lowest BCUT2D eigenvalue weighted by molar-refractivity contribution is 0.540. The second kappa shape index (κ2) is 6.03. The van der Waals surface area contributed by atoms with Crippen molar-refractivity contribution in [3.05, 3.63) is 52.6 Å². The van der Waals surface area contributed by atoms with Crippen molar-refractivity contribution < 1.29 is 0 Å². The molecule has 2 aromatic rings. The average Bonchev–Trinajstić information content (AvgIpc) is 2.75. The summed E-state index contributed by atoms with van der Waals surface area (Å²) < 4.78 is 0. The topological polar surface area (TPSA) is 40.7 Å². The summed E-state index contributed by atoms with van der Waals surface area (Å²) in [7, 11) is 0. The van der Waals surface area contributed by atoms with Gasteiger partial charge in [-0.05, 0) is 38.0 Å². The molecule has 0 aliphatic carbocycles. The molecule has 0 amide bonds. The molecule has 0 aliphatic rings. The molecule has 1 heterocycles. The molecule has 18 heavy (non-hydrogen) atoms. The zero-order valence-electron chi connectivity index (χ0n) is 10.7. The van der Waals surface area contributed by atoms with Crippen LogP contribution < -0.4 is 5.32 Å². The van der Waals surface area contributed by atoms with Gasteiger partial charge in [0.25, 0.3) is 0 Å². The van der Waals surface area contributed by atoms with Crippen molar-refractivity contribution in [1.82, 2.24) is 15.3 Å². The summed E-state index contributed by atoms with van der Waals surface area (Å²) in [6.45, 7) is 5.01. The van der Waals surface area contributed by atoms with Crippen LogP contribution in [0.3, 0.4) is 0 Å². The Labute approximate surface area is 113 Å². The van der Waals surface area contributed by atoms with E-state index in [-0.39, 0.29) is 0 Å². The molecule has 1 unspecified atom stereocenters. The van der Waals surface area contributed by atoms with Gasteiger partial charge in [-0.1, -0.05) is 23.7 Å². The standard InChI is InChI=1S/C14H18ClN3/c1-10(7-12-3-5-13(15)6-4-12)16-8-14-11(2)17-9-18-14/h3-6,9-10,16H,7-8H2,1-2H3,(H,17,18). The molecule has 0 saturated carbocycles. The van der Waals surface area contributed by atoms with Gasteiger partial charge in [0, 0.05) is 23.3 Å². The number of hydrogen-bond acceptors (Lipinski definition) is 2. The molecule has 96 valence electrons. The maximum absolute atomic E-state index is 5.87. The molecule has 2 N–H and O–H groups in total. The fraction of sp³-hybridized carbons (Fsp3) is 0.357. The minimum absolute atomic E-state index is 0.405. The van der Waals surface area contributed by atoms with Crippen LogP contribution in [-0.4, -0.2) is 16.0 Å². The maximum Gasteiger partial charge on any atom is 0.0925 e. The van der Waals surface area contributed by atoms with E-state index >= 15 is 0 Å². The Balaban J connectivity index is 1.83. The number of benzene rings is 1. The number of aromatic amines is 1. The van der Waals surface area contributed by atoms with Crippen molar-refractivity contribution >= 4 is 11.6 Å². The molecule has 1 atom stereocenters. The monoisotopic (exact) mass is 263 g/mol. The van der Waals surface area contributed by atoms with E-state index in [9.17, 15) is 0 Å². The number of hydrogen-bond donors (Lipinski definition) is 2. The van der Waals surface area contributed by atoms with Crippen molar-refractivity contribution in [2.75, 3.05) is 0 Å². The van der Waals surface area contributed by atoms with E-state index in [1.807, 2.05) is 19.1 Å². The first-order valence-electron chi connectivity index (χ1n) is 6.12. The quantitative estimate of drug-likeness (QED) is 0.870. The molecular weight excluding hydrogens is 246 g/mol. The van der Waals surface area contributed by atoms with Crippen molar-refractivity contribution in [2.24, 2.45) is 0 Å². The van der Waals surface area contributed by atoms with Crippen LogP contribution in [0, 0.1) is 6.92 Å². The Morgan fingerprint density at radius 3 is 2.67 bits per heavy atom. The molecule has 0 radical (unpaired) electrons. The van der Waals surface area contributed by atoms with Gasteiger partial charge in [-0.3, -0.25) is 0 Å². The van der Waals surface area contributed by atoms with Crippen LogP contribution in [0.2, 0.25) is 5.02 Å². The van der Waals surface area contributed by atoms with E-state index in [1.165, 1.54) is 5.56 Å². The van der Waals surface area contributed by atoms with Crippen molar-refractivity contribution in [2.45, 2.75) is 32.9 Å². The first-order valence-corrected chi connectivity index (χ1v) is 6.49. The van der Waals surface area contributed by atoms with Crippen LogP contribution >= 0.6 is 11.6 Å². The Kier molecular flexibility index (Phi) is 4.39. The third kappa shape index (κ3) is 3.59. The van der Waals surface area contributed by atoms with Crippen LogP contribution in [-0.2, 0) is 13.0 Å². The Morgan fingerprint density at radius 2 is 2.06 bits per heavy atom. The average molecular weight is 264 g/mol. The highest BCUT2D eigenvalue weighted by Gasteiger charge is 2.05.